The molecule has 0 saturated carbocycles. The van der Waals surface area contributed by atoms with Crippen LogP contribution in [0.3, 0.4) is 0 Å². The van der Waals surface area contributed by atoms with Gasteiger partial charge in [0.2, 0.25) is 11.8 Å². The average molecular weight is 549 g/mol. The van der Waals surface area contributed by atoms with Crippen LogP contribution in [0.15, 0.2) is 18.2 Å². The lowest BCUT2D eigenvalue weighted by atomic mass is 10.0. The first-order valence-corrected chi connectivity index (χ1v) is 12.9. The molecule has 1 atom stereocenters. The molecule has 0 aromatic heterocycles. The van der Waals surface area contributed by atoms with Crippen molar-refractivity contribution in [1.82, 2.24) is 15.5 Å². The fourth-order valence-corrected chi connectivity index (χ4v) is 4.00. The third-order valence-corrected chi connectivity index (χ3v) is 5.69. The fourth-order valence-electron chi connectivity index (χ4n) is 4.00. The summed E-state index contributed by atoms with van der Waals surface area (Å²) in [5, 5.41) is 7.90. The van der Waals surface area contributed by atoms with E-state index in [9.17, 15) is 24.0 Å². The summed E-state index contributed by atoms with van der Waals surface area (Å²) in [6.45, 7) is 8.25. The standard InChI is InChI=1S/C26H36N4O9/c1-26(2,3)39-25(35)28-10-12-37-14-16-38-15-13-36-11-9-27-18-6-4-5-17-21(18)24(34)30(23(17)33)19-7-8-20(31)29-22(19)32/h4-6,19,27H,7-16H2,1-3H3,(H,28,35)(H,29,31,32)/t19-/m0/s1. The van der Waals surface area contributed by atoms with Gasteiger partial charge in [-0.15, -0.1) is 0 Å². The number of ether oxygens (including phenoxy) is 4. The van der Waals surface area contributed by atoms with E-state index in [0.717, 1.165) is 4.90 Å². The fraction of sp³-hybridized carbons (Fsp3) is 0.577. The van der Waals surface area contributed by atoms with Gasteiger partial charge in [0.25, 0.3) is 11.8 Å². The minimum absolute atomic E-state index is 0.0658. The van der Waals surface area contributed by atoms with E-state index >= 15 is 0 Å². The summed E-state index contributed by atoms with van der Waals surface area (Å²) in [5.74, 6) is -2.18. The van der Waals surface area contributed by atoms with E-state index in [1.807, 2.05) is 0 Å². The molecule has 0 aliphatic carbocycles. The van der Waals surface area contributed by atoms with Gasteiger partial charge in [-0.05, 0) is 39.3 Å². The van der Waals surface area contributed by atoms with Gasteiger partial charge in [-0.1, -0.05) is 6.07 Å². The minimum Gasteiger partial charge on any atom is -0.444 e. The largest absolute Gasteiger partial charge is 0.444 e. The van der Waals surface area contributed by atoms with E-state index in [0.29, 0.717) is 58.4 Å². The summed E-state index contributed by atoms with van der Waals surface area (Å²) in [4.78, 5) is 62.1. The van der Waals surface area contributed by atoms with E-state index in [-0.39, 0.29) is 24.0 Å². The first-order chi connectivity index (χ1) is 18.6. The molecule has 1 aromatic carbocycles. The highest BCUT2D eigenvalue weighted by Gasteiger charge is 2.45. The number of hydrogen-bond donors (Lipinski definition) is 3. The first-order valence-electron chi connectivity index (χ1n) is 12.9. The van der Waals surface area contributed by atoms with E-state index < -0.39 is 41.4 Å². The van der Waals surface area contributed by atoms with Crippen LogP contribution in [0.4, 0.5) is 10.5 Å². The first kappa shape index (κ1) is 30.0. The summed E-state index contributed by atoms with van der Waals surface area (Å²) >= 11 is 0. The zero-order chi connectivity index (χ0) is 28.4. The van der Waals surface area contributed by atoms with Gasteiger partial charge in [0.15, 0.2) is 0 Å². The second-order valence-corrected chi connectivity index (χ2v) is 9.87. The van der Waals surface area contributed by atoms with Crippen molar-refractivity contribution in [2.75, 3.05) is 58.0 Å². The normalized spacial score (nSPS) is 17.2. The van der Waals surface area contributed by atoms with E-state index in [2.05, 4.69) is 16.0 Å². The number of anilines is 1. The van der Waals surface area contributed by atoms with Gasteiger partial charge >= 0.3 is 6.09 Å². The lowest BCUT2D eigenvalue weighted by Crippen LogP contribution is -2.54. The predicted octanol–water partition coefficient (Wildman–Crippen LogP) is 1.07. The van der Waals surface area contributed by atoms with Crippen LogP contribution in [0.1, 0.15) is 54.3 Å². The Kier molecular flexibility index (Phi) is 10.8. The second-order valence-electron chi connectivity index (χ2n) is 9.87. The Labute approximate surface area is 226 Å². The Bertz CT molecular complexity index is 1070. The van der Waals surface area contributed by atoms with Crippen LogP contribution in [0.5, 0.6) is 0 Å². The SMILES string of the molecule is CC(C)(C)OC(=O)NCCOCCOCCOCCNc1cccc2c1C(=O)N([C@H]1CCC(=O)NC1=O)C2=O. The smallest absolute Gasteiger partial charge is 0.407 e. The van der Waals surface area contributed by atoms with Crippen LogP contribution in [0, 0.1) is 0 Å². The van der Waals surface area contributed by atoms with Crippen LogP contribution in [-0.4, -0.2) is 99.0 Å². The van der Waals surface area contributed by atoms with Crippen molar-refractivity contribution in [3.63, 3.8) is 0 Å². The van der Waals surface area contributed by atoms with E-state index in [1.54, 1.807) is 39.0 Å². The molecule has 2 aliphatic rings. The summed E-state index contributed by atoms with van der Waals surface area (Å²) in [6.07, 6.45) is -0.317. The highest BCUT2D eigenvalue weighted by atomic mass is 16.6. The number of rotatable bonds is 14. The predicted molar refractivity (Wildman–Crippen MR) is 138 cm³/mol. The average Bonchev–Trinajstić information content (AvgIpc) is 3.11. The number of carbonyl (C=O) groups excluding carboxylic acids is 5. The Morgan fingerprint density at radius 3 is 2.23 bits per heavy atom. The number of hydrogen-bond acceptors (Lipinski definition) is 10. The van der Waals surface area contributed by atoms with Crippen LogP contribution in [-0.2, 0) is 28.5 Å². The molecule has 3 rings (SSSR count). The molecule has 0 radical (unpaired) electrons. The molecular weight excluding hydrogens is 512 g/mol. The third kappa shape index (κ3) is 8.73. The zero-order valence-corrected chi connectivity index (χ0v) is 22.5. The molecule has 3 N–H and O–H groups in total. The van der Waals surface area contributed by atoms with Crippen molar-refractivity contribution in [3.8, 4) is 0 Å². The van der Waals surface area contributed by atoms with Gasteiger partial charge in [-0.3, -0.25) is 29.4 Å². The number of nitrogens with zero attached hydrogens (tertiary/aromatic N) is 1. The second kappa shape index (κ2) is 14.0. The molecule has 2 heterocycles. The number of imide groups is 2. The van der Waals surface area contributed by atoms with Crippen molar-refractivity contribution in [3.05, 3.63) is 29.3 Å². The van der Waals surface area contributed by atoms with Crippen LogP contribution in [0.2, 0.25) is 0 Å². The van der Waals surface area contributed by atoms with Crippen molar-refractivity contribution in [2.45, 2.75) is 45.3 Å². The molecule has 0 bridgehead atoms. The summed E-state index contributed by atoms with van der Waals surface area (Å²) in [6, 6.07) is 3.88. The lowest BCUT2D eigenvalue weighted by molar-refractivity contribution is -0.136. The molecule has 214 valence electrons. The van der Waals surface area contributed by atoms with E-state index in [4.69, 9.17) is 18.9 Å². The molecule has 39 heavy (non-hydrogen) atoms. The highest BCUT2D eigenvalue weighted by molar-refractivity contribution is 6.25. The maximum atomic E-state index is 13.1. The van der Waals surface area contributed by atoms with Crippen LogP contribution < -0.4 is 16.0 Å². The molecule has 1 saturated heterocycles. The number of piperidine rings is 1. The molecule has 1 fully saturated rings. The minimum atomic E-state index is -1.01. The molecule has 0 unspecified atom stereocenters. The maximum absolute atomic E-state index is 13.1. The number of alkyl carbamates (subject to hydrolysis) is 1. The van der Waals surface area contributed by atoms with Gasteiger partial charge in [-0.25, -0.2) is 4.79 Å². The molecule has 5 amide bonds. The third-order valence-electron chi connectivity index (χ3n) is 5.69. The molecule has 13 heteroatoms. The molecular formula is C26H36N4O9. The Morgan fingerprint density at radius 1 is 0.949 bits per heavy atom. The number of carbonyl (C=O) groups is 5. The quantitative estimate of drug-likeness (QED) is 0.227. The number of fused-ring (bicyclic) bond motifs is 1. The van der Waals surface area contributed by atoms with E-state index in [1.165, 1.54) is 0 Å². The zero-order valence-electron chi connectivity index (χ0n) is 22.5. The lowest BCUT2D eigenvalue weighted by Gasteiger charge is -2.27. The number of benzene rings is 1. The van der Waals surface area contributed by atoms with Crippen molar-refractivity contribution in [2.24, 2.45) is 0 Å². The number of amides is 5. The van der Waals surface area contributed by atoms with Crippen LogP contribution >= 0.6 is 0 Å². The Hall–Kier alpha value is -3.55. The Balaban J connectivity index is 1.28. The molecule has 13 nitrogen and oxygen atoms in total. The van der Waals surface area contributed by atoms with Gasteiger partial charge in [0.1, 0.15) is 11.6 Å². The summed E-state index contributed by atoms with van der Waals surface area (Å²) in [5.41, 5.74) is 0.349. The number of nitrogens with one attached hydrogen (secondary N) is 3. The van der Waals surface area contributed by atoms with Crippen molar-refractivity contribution >= 4 is 35.4 Å². The Morgan fingerprint density at radius 2 is 1.59 bits per heavy atom. The molecule has 0 spiro atoms. The topological polar surface area (TPSA) is 162 Å². The summed E-state index contributed by atoms with van der Waals surface area (Å²) in [7, 11) is 0. The molecule has 2 aliphatic heterocycles. The maximum Gasteiger partial charge on any atom is 0.407 e. The van der Waals surface area contributed by atoms with Crippen molar-refractivity contribution in [1.29, 1.82) is 0 Å². The van der Waals surface area contributed by atoms with Crippen LogP contribution in [0.25, 0.3) is 0 Å². The monoisotopic (exact) mass is 548 g/mol. The van der Waals surface area contributed by atoms with Gasteiger partial charge < -0.3 is 29.6 Å². The van der Waals surface area contributed by atoms with Crippen molar-refractivity contribution < 1.29 is 42.9 Å². The van der Waals surface area contributed by atoms with Gasteiger partial charge in [0, 0.05) is 25.2 Å². The van der Waals surface area contributed by atoms with Gasteiger partial charge in [0.05, 0.1) is 50.8 Å². The summed E-state index contributed by atoms with van der Waals surface area (Å²) < 4.78 is 21.5. The molecule has 1 aromatic rings. The van der Waals surface area contributed by atoms with Gasteiger partial charge in [-0.2, -0.15) is 0 Å². The highest BCUT2D eigenvalue weighted by Crippen LogP contribution is 2.32.